The van der Waals surface area contributed by atoms with Crippen molar-refractivity contribution in [3.8, 4) is 11.1 Å². The maximum Gasteiger partial charge on any atom is 0.270 e. The smallest absolute Gasteiger partial charge is 0.270 e. The van der Waals surface area contributed by atoms with E-state index >= 15 is 0 Å². The molecule has 2 amide bonds. The van der Waals surface area contributed by atoms with Crippen molar-refractivity contribution in [3.05, 3.63) is 120 Å². The van der Waals surface area contributed by atoms with E-state index in [4.69, 9.17) is 0 Å². The quantitative estimate of drug-likeness (QED) is 0.264. The molecule has 1 heterocycles. The fourth-order valence-electron chi connectivity index (χ4n) is 4.69. The highest BCUT2D eigenvalue weighted by atomic mass is 19.3. The number of amides is 2. The first-order valence-corrected chi connectivity index (χ1v) is 12.6. The molecule has 1 aliphatic heterocycles. The van der Waals surface area contributed by atoms with Gasteiger partial charge in [0.1, 0.15) is 0 Å². The minimum atomic E-state index is -3.05. The molecule has 1 unspecified atom stereocenters. The number of carbonyl (C=O) groups is 2. The minimum Gasteiger partial charge on any atom is -0.325 e. The van der Waals surface area contributed by atoms with Crippen LogP contribution in [-0.2, 0) is 21.9 Å². The van der Waals surface area contributed by atoms with Gasteiger partial charge in [-0.2, -0.15) is 10.1 Å². The molecule has 5 rings (SSSR count). The zero-order chi connectivity index (χ0) is 27.6. The maximum atomic E-state index is 13.7. The molecule has 5 nitrogen and oxygen atoms in total. The van der Waals surface area contributed by atoms with Crippen LogP contribution in [0.25, 0.3) is 11.1 Å². The zero-order valence-corrected chi connectivity index (χ0v) is 21.6. The number of alkyl halides is 2. The first kappa shape index (κ1) is 26.0. The number of benzene rings is 4. The molecule has 39 heavy (non-hydrogen) atoms. The van der Waals surface area contributed by atoms with Crippen LogP contribution in [0.15, 0.2) is 108 Å². The van der Waals surface area contributed by atoms with Gasteiger partial charge in [0.05, 0.1) is 11.4 Å². The molecule has 196 valence electrons. The van der Waals surface area contributed by atoms with Crippen molar-refractivity contribution < 1.29 is 18.4 Å². The fourth-order valence-corrected chi connectivity index (χ4v) is 4.69. The summed E-state index contributed by atoms with van der Waals surface area (Å²) in [6.07, 6.45) is 0.711. The Morgan fingerprint density at radius 2 is 1.62 bits per heavy atom. The van der Waals surface area contributed by atoms with Gasteiger partial charge >= 0.3 is 0 Å². The number of hydrogen-bond acceptors (Lipinski definition) is 3. The summed E-state index contributed by atoms with van der Waals surface area (Å²) in [5, 5.41) is 8.26. The molecule has 7 heteroatoms. The summed E-state index contributed by atoms with van der Waals surface area (Å²) in [4.78, 5) is 26.5. The third-order valence-electron chi connectivity index (χ3n) is 6.69. The molecule has 1 atom stereocenters. The number of hydrazone groups is 1. The Balaban J connectivity index is 1.42. The van der Waals surface area contributed by atoms with Gasteiger partial charge in [-0.25, -0.2) is 8.78 Å². The first-order valence-electron chi connectivity index (χ1n) is 12.6. The molecule has 0 aliphatic carbocycles. The normalized spacial score (nSPS) is 15.3. The van der Waals surface area contributed by atoms with Crippen molar-refractivity contribution in [3.63, 3.8) is 0 Å². The van der Waals surface area contributed by atoms with E-state index in [1.54, 1.807) is 6.92 Å². The number of rotatable bonds is 7. The first-order chi connectivity index (χ1) is 18.7. The number of anilines is 2. The molecule has 0 bridgehead atoms. The van der Waals surface area contributed by atoms with Crippen LogP contribution in [0, 0.1) is 5.92 Å². The van der Waals surface area contributed by atoms with Crippen molar-refractivity contribution in [2.75, 3.05) is 10.3 Å². The van der Waals surface area contributed by atoms with Crippen LogP contribution in [0.4, 0.5) is 20.2 Å². The maximum absolute atomic E-state index is 13.7. The number of hydrogen-bond donors (Lipinski definition) is 1. The molecule has 0 spiro atoms. The van der Waals surface area contributed by atoms with Gasteiger partial charge in [0.15, 0.2) is 5.92 Å². The summed E-state index contributed by atoms with van der Waals surface area (Å²) in [6.45, 7) is 2.40. The third kappa shape index (κ3) is 5.62. The highest BCUT2D eigenvalue weighted by Crippen LogP contribution is 2.33. The molecule has 4 aromatic carbocycles. The second-order valence-electron chi connectivity index (χ2n) is 9.65. The van der Waals surface area contributed by atoms with Crippen LogP contribution in [0.1, 0.15) is 30.5 Å². The van der Waals surface area contributed by atoms with Crippen LogP contribution in [-0.4, -0.2) is 17.5 Å². The van der Waals surface area contributed by atoms with E-state index in [2.05, 4.69) is 22.6 Å². The second kappa shape index (κ2) is 10.6. The van der Waals surface area contributed by atoms with Gasteiger partial charge in [-0.3, -0.25) is 9.59 Å². The Morgan fingerprint density at radius 3 is 2.31 bits per heavy atom. The molecule has 0 aromatic heterocycles. The van der Waals surface area contributed by atoms with Gasteiger partial charge in [-0.05, 0) is 59.9 Å². The van der Waals surface area contributed by atoms with Crippen LogP contribution < -0.4 is 10.3 Å². The van der Waals surface area contributed by atoms with E-state index in [0.717, 1.165) is 29.2 Å². The lowest BCUT2D eigenvalue weighted by atomic mass is 9.94. The standard InChI is InChI=1S/C32H27F2N3O2/c1-21-29(30(38)35-26-15-9-14-25(19-26)32(2,33)34)31(39)37(36-21)27-17-16-24(18-22-10-5-3-6-11-22)28(20-27)23-12-7-4-8-13-23/h3-17,19-20,29H,18H2,1-2H3,(H,35,38). The lowest BCUT2D eigenvalue weighted by Gasteiger charge is -2.18. The van der Waals surface area contributed by atoms with Crippen molar-refractivity contribution in [2.24, 2.45) is 11.0 Å². The highest BCUT2D eigenvalue weighted by molar-refractivity contribution is 6.28. The molecule has 1 N–H and O–H groups in total. The Kier molecular flexibility index (Phi) is 7.07. The van der Waals surface area contributed by atoms with Gasteiger partial charge in [0, 0.05) is 18.2 Å². The Morgan fingerprint density at radius 1 is 0.923 bits per heavy atom. The van der Waals surface area contributed by atoms with E-state index in [1.807, 2.05) is 66.7 Å². The summed E-state index contributed by atoms with van der Waals surface area (Å²) in [7, 11) is 0. The van der Waals surface area contributed by atoms with Crippen molar-refractivity contribution in [2.45, 2.75) is 26.2 Å². The minimum absolute atomic E-state index is 0.190. The Hall–Kier alpha value is -4.65. The summed E-state index contributed by atoms with van der Waals surface area (Å²) < 4.78 is 27.5. The lowest BCUT2D eigenvalue weighted by Crippen LogP contribution is -2.36. The molecule has 0 fully saturated rings. The zero-order valence-electron chi connectivity index (χ0n) is 21.6. The number of carbonyl (C=O) groups excluding carboxylic acids is 2. The molecular formula is C32H27F2N3O2. The van der Waals surface area contributed by atoms with Gasteiger partial charge in [0.25, 0.3) is 11.8 Å². The van der Waals surface area contributed by atoms with Crippen molar-refractivity contribution in [1.29, 1.82) is 0 Å². The van der Waals surface area contributed by atoms with E-state index in [1.165, 1.54) is 29.3 Å². The number of halogens is 2. The van der Waals surface area contributed by atoms with Crippen LogP contribution in [0.3, 0.4) is 0 Å². The predicted octanol–water partition coefficient (Wildman–Crippen LogP) is 7.03. The van der Waals surface area contributed by atoms with E-state index < -0.39 is 23.7 Å². The van der Waals surface area contributed by atoms with E-state index in [-0.39, 0.29) is 11.3 Å². The second-order valence-corrected chi connectivity index (χ2v) is 9.65. The largest absolute Gasteiger partial charge is 0.325 e. The molecule has 4 aromatic rings. The predicted molar refractivity (Wildman–Crippen MR) is 150 cm³/mol. The topological polar surface area (TPSA) is 61.8 Å². The van der Waals surface area contributed by atoms with Crippen molar-refractivity contribution >= 4 is 28.9 Å². The summed E-state index contributed by atoms with van der Waals surface area (Å²) in [5.74, 6) is -5.35. The van der Waals surface area contributed by atoms with E-state index in [9.17, 15) is 18.4 Å². The summed E-state index contributed by atoms with van der Waals surface area (Å²) >= 11 is 0. The van der Waals surface area contributed by atoms with Crippen LogP contribution in [0.5, 0.6) is 0 Å². The SMILES string of the molecule is CC1=NN(c2ccc(Cc3ccccc3)c(-c3ccccc3)c2)C(=O)C1C(=O)Nc1cccc(C(C)(F)F)c1. The Labute approximate surface area is 225 Å². The van der Waals surface area contributed by atoms with Gasteiger partial charge in [-0.15, -0.1) is 0 Å². The van der Waals surface area contributed by atoms with Gasteiger partial charge < -0.3 is 5.32 Å². The molecular weight excluding hydrogens is 496 g/mol. The average molecular weight is 524 g/mol. The average Bonchev–Trinajstić information content (AvgIpc) is 3.23. The monoisotopic (exact) mass is 523 g/mol. The van der Waals surface area contributed by atoms with Crippen LogP contribution >= 0.6 is 0 Å². The van der Waals surface area contributed by atoms with E-state index in [0.29, 0.717) is 17.8 Å². The van der Waals surface area contributed by atoms with Gasteiger partial charge in [0.2, 0.25) is 5.91 Å². The summed E-state index contributed by atoms with van der Waals surface area (Å²) in [6, 6.07) is 31.2. The number of nitrogens with zero attached hydrogens (tertiary/aromatic N) is 2. The highest BCUT2D eigenvalue weighted by Gasteiger charge is 2.40. The van der Waals surface area contributed by atoms with Crippen molar-refractivity contribution in [1.82, 2.24) is 0 Å². The Bertz CT molecular complexity index is 1550. The molecule has 0 saturated heterocycles. The lowest BCUT2D eigenvalue weighted by molar-refractivity contribution is -0.127. The molecule has 0 saturated carbocycles. The van der Waals surface area contributed by atoms with Gasteiger partial charge in [-0.1, -0.05) is 78.9 Å². The molecule has 0 radical (unpaired) electrons. The van der Waals surface area contributed by atoms with Crippen LogP contribution in [0.2, 0.25) is 0 Å². The summed E-state index contributed by atoms with van der Waals surface area (Å²) in [5.41, 5.74) is 5.04. The number of nitrogens with one attached hydrogen (secondary N) is 1. The third-order valence-corrected chi connectivity index (χ3v) is 6.69. The molecule has 1 aliphatic rings. The fraction of sp³-hybridized carbons (Fsp3) is 0.156.